The fourth-order valence-electron chi connectivity index (χ4n) is 1.23. The van der Waals surface area contributed by atoms with E-state index in [1.807, 2.05) is 6.07 Å². The number of urea groups is 1. The molecule has 3 amide bonds. The highest BCUT2D eigenvalue weighted by Gasteiger charge is 2.24. The summed E-state index contributed by atoms with van der Waals surface area (Å²) in [5.41, 5.74) is 4.89. The summed E-state index contributed by atoms with van der Waals surface area (Å²) in [5, 5.41) is 19.4. The van der Waals surface area contributed by atoms with Gasteiger partial charge in [0.25, 0.3) is 0 Å². The third-order valence-corrected chi connectivity index (χ3v) is 2.16. The predicted molar refractivity (Wildman–Crippen MR) is 61.2 cm³/mol. The zero-order valence-electron chi connectivity index (χ0n) is 10.0. The average Bonchev–Trinajstić information content (AvgIpc) is 2.28. The van der Waals surface area contributed by atoms with Crippen molar-refractivity contribution in [3.8, 4) is 6.07 Å². The molecule has 0 spiro atoms. The summed E-state index contributed by atoms with van der Waals surface area (Å²) in [6.07, 6.45) is -0.328. The minimum Gasteiger partial charge on any atom is -0.480 e. The van der Waals surface area contributed by atoms with E-state index in [1.54, 1.807) is 6.92 Å². The van der Waals surface area contributed by atoms with E-state index < -0.39 is 30.4 Å². The number of carbonyl (C=O) groups is 3. The number of carbonyl (C=O) groups excluding carboxylic acids is 2. The van der Waals surface area contributed by atoms with Gasteiger partial charge in [0.1, 0.15) is 6.04 Å². The first kappa shape index (κ1) is 15.7. The topological polar surface area (TPSA) is 137 Å². The van der Waals surface area contributed by atoms with Crippen LogP contribution < -0.4 is 11.1 Å². The van der Waals surface area contributed by atoms with E-state index in [0.717, 1.165) is 0 Å². The number of nitrogens with two attached hydrogens (primary N) is 1. The van der Waals surface area contributed by atoms with Crippen molar-refractivity contribution in [3.05, 3.63) is 0 Å². The van der Waals surface area contributed by atoms with Crippen LogP contribution in [-0.2, 0) is 9.59 Å². The van der Waals surface area contributed by atoms with Crippen LogP contribution in [-0.4, -0.2) is 47.0 Å². The number of nitrogens with zero attached hydrogens (tertiary/aromatic N) is 2. The van der Waals surface area contributed by atoms with E-state index in [-0.39, 0.29) is 13.0 Å². The third kappa shape index (κ3) is 5.69. The predicted octanol–water partition coefficient (Wildman–Crippen LogP) is -0.740. The van der Waals surface area contributed by atoms with Gasteiger partial charge in [0.05, 0.1) is 18.9 Å². The molecule has 4 N–H and O–H groups in total. The number of hydrogen-bond donors (Lipinski definition) is 3. The minimum atomic E-state index is -1.36. The summed E-state index contributed by atoms with van der Waals surface area (Å²) in [7, 11) is 0. The molecular weight excluding hydrogens is 240 g/mol. The molecule has 8 heteroatoms. The van der Waals surface area contributed by atoms with E-state index in [0.29, 0.717) is 6.54 Å². The van der Waals surface area contributed by atoms with E-state index in [2.05, 4.69) is 5.32 Å². The second-order valence-electron chi connectivity index (χ2n) is 3.50. The van der Waals surface area contributed by atoms with Gasteiger partial charge in [-0.3, -0.25) is 4.79 Å². The maximum Gasteiger partial charge on any atom is 0.326 e. The van der Waals surface area contributed by atoms with Gasteiger partial charge in [-0.05, 0) is 6.92 Å². The molecule has 0 aromatic carbocycles. The number of primary amides is 1. The lowest BCUT2D eigenvalue weighted by Crippen LogP contribution is -2.49. The summed E-state index contributed by atoms with van der Waals surface area (Å²) in [4.78, 5) is 34.4. The SMILES string of the molecule is CCN(CCC#N)C(=O)N[C@H](CC(N)=O)C(=O)O. The quantitative estimate of drug-likeness (QED) is 0.551. The van der Waals surface area contributed by atoms with Crippen LogP contribution in [0.1, 0.15) is 19.8 Å². The van der Waals surface area contributed by atoms with Crippen LogP contribution in [0.4, 0.5) is 4.79 Å². The van der Waals surface area contributed by atoms with Gasteiger partial charge in [0.2, 0.25) is 5.91 Å². The van der Waals surface area contributed by atoms with E-state index in [1.165, 1.54) is 4.90 Å². The Labute approximate surface area is 104 Å². The molecule has 0 aliphatic carbocycles. The first-order valence-electron chi connectivity index (χ1n) is 5.35. The number of aliphatic carboxylic acids is 1. The lowest BCUT2D eigenvalue weighted by Gasteiger charge is -2.22. The minimum absolute atomic E-state index is 0.148. The highest BCUT2D eigenvalue weighted by atomic mass is 16.4. The molecule has 0 rings (SSSR count). The molecule has 0 aliphatic rings. The second-order valence-corrected chi connectivity index (χ2v) is 3.50. The highest BCUT2D eigenvalue weighted by Crippen LogP contribution is 1.97. The normalized spacial score (nSPS) is 11.1. The number of nitrogens with one attached hydrogen (secondary N) is 1. The molecule has 8 nitrogen and oxygen atoms in total. The van der Waals surface area contributed by atoms with Gasteiger partial charge in [-0.1, -0.05) is 0 Å². The molecular formula is C10H16N4O4. The van der Waals surface area contributed by atoms with Crippen molar-refractivity contribution < 1.29 is 19.5 Å². The Kier molecular flexibility index (Phi) is 6.88. The van der Waals surface area contributed by atoms with Crippen molar-refractivity contribution in [1.29, 1.82) is 5.26 Å². The largest absolute Gasteiger partial charge is 0.480 e. The third-order valence-electron chi connectivity index (χ3n) is 2.16. The number of carboxylic acid groups (broad SMARTS) is 1. The zero-order chi connectivity index (χ0) is 14.1. The van der Waals surface area contributed by atoms with Crippen molar-refractivity contribution in [1.82, 2.24) is 10.2 Å². The fourth-order valence-corrected chi connectivity index (χ4v) is 1.23. The molecule has 0 heterocycles. The lowest BCUT2D eigenvalue weighted by atomic mass is 10.2. The van der Waals surface area contributed by atoms with Gasteiger partial charge in [-0.2, -0.15) is 5.26 Å². The van der Waals surface area contributed by atoms with Gasteiger partial charge in [-0.15, -0.1) is 0 Å². The molecule has 0 bridgehead atoms. The molecule has 0 aromatic heterocycles. The van der Waals surface area contributed by atoms with Crippen molar-refractivity contribution in [2.24, 2.45) is 5.73 Å². The summed E-state index contributed by atoms with van der Waals surface area (Å²) in [5.74, 6) is -2.15. The molecule has 0 saturated carbocycles. The Hall–Kier alpha value is -2.30. The molecule has 0 fully saturated rings. The molecule has 0 saturated heterocycles. The van der Waals surface area contributed by atoms with Crippen LogP contribution in [0.3, 0.4) is 0 Å². The highest BCUT2D eigenvalue weighted by molar-refractivity contribution is 5.87. The number of hydrogen-bond acceptors (Lipinski definition) is 4. The monoisotopic (exact) mass is 256 g/mol. The number of rotatable bonds is 7. The Morgan fingerprint density at radius 2 is 2.11 bits per heavy atom. The maximum absolute atomic E-state index is 11.7. The summed E-state index contributed by atoms with van der Waals surface area (Å²) >= 11 is 0. The molecule has 100 valence electrons. The fraction of sp³-hybridized carbons (Fsp3) is 0.600. The molecule has 0 aromatic rings. The smallest absolute Gasteiger partial charge is 0.326 e. The van der Waals surface area contributed by atoms with Gasteiger partial charge >= 0.3 is 12.0 Å². The van der Waals surface area contributed by atoms with Crippen LogP contribution in [0.2, 0.25) is 0 Å². The van der Waals surface area contributed by atoms with Crippen molar-refractivity contribution >= 4 is 17.9 Å². The van der Waals surface area contributed by atoms with Crippen LogP contribution in [0, 0.1) is 11.3 Å². The van der Waals surface area contributed by atoms with Crippen LogP contribution in [0.25, 0.3) is 0 Å². The van der Waals surface area contributed by atoms with Crippen LogP contribution in [0.15, 0.2) is 0 Å². The second kappa shape index (κ2) is 7.89. The number of carboxylic acids is 1. The summed E-state index contributed by atoms with van der Waals surface area (Å²) in [6.45, 7) is 2.22. The summed E-state index contributed by atoms with van der Waals surface area (Å²) in [6, 6.07) is -0.109. The first-order chi connectivity index (χ1) is 8.42. The first-order valence-corrected chi connectivity index (χ1v) is 5.35. The van der Waals surface area contributed by atoms with Gasteiger partial charge in [0, 0.05) is 13.1 Å². The Bertz CT molecular complexity index is 363. The molecule has 0 radical (unpaired) electrons. The standard InChI is InChI=1S/C10H16N4O4/c1-2-14(5-3-4-11)10(18)13-7(9(16)17)6-8(12)15/h7H,2-3,5-6H2,1H3,(H2,12,15)(H,13,18)(H,16,17)/t7-/m1/s1. The van der Waals surface area contributed by atoms with Crippen LogP contribution in [0.5, 0.6) is 0 Å². The van der Waals surface area contributed by atoms with Crippen molar-refractivity contribution in [3.63, 3.8) is 0 Å². The zero-order valence-corrected chi connectivity index (χ0v) is 10.0. The molecule has 1 atom stereocenters. The Morgan fingerprint density at radius 3 is 2.50 bits per heavy atom. The van der Waals surface area contributed by atoms with Gasteiger partial charge < -0.3 is 21.1 Å². The van der Waals surface area contributed by atoms with Crippen LogP contribution >= 0.6 is 0 Å². The molecule has 0 aliphatic heterocycles. The van der Waals surface area contributed by atoms with E-state index >= 15 is 0 Å². The van der Waals surface area contributed by atoms with Gasteiger partial charge in [0.15, 0.2) is 0 Å². The average molecular weight is 256 g/mol. The maximum atomic E-state index is 11.7. The van der Waals surface area contributed by atoms with E-state index in [4.69, 9.17) is 16.1 Å². The molecule has 18 heavy (non-hydrogen) atoms. The molecule has 0 unspecified atom stereocenters. The van der Waals surface area contributed by atoms with Gasteiger partial charge in [-0.25, -0.2) is 9.59 Å². The Morgan fingerprint density at radius 1 is 1.50 bits per heavy atom. The Balaban J connectivity index is 4.52. The van der Waals surface area contributed by atoms with Crippen molar-refractivity contribution in [2.75, 3.05) is 13.1 Å². The number of amides is 3. The number of nitriles is 1. The van der Waals surface area contributed by atoms with E-state index in [9.17, 15) is 14.4 Å². The lowest BCUT2D eigenvalue weighted by molar-refractivity contribution is -0.140. The van der Waals surface area contributed by atoms with Crippen molar-refractivity contribution in [2.45, 2.75) is 25.8 Å². The summed E-state index contributed by atoms with van der Waals surface area (Å²) < 4.78 is 0.